The fourth-order valence-corrected chi connectivity index (χ4v) is 3.16. The highest BCUT2D eigenvalue weighted by Gasteiger charge is 2.18. The molecule has 134 valence electrons. The Morgan fingerprint density at radius 1 is 0.885 bits per heavy atom. The van der Waals surface area contributed by atoms with Crippen molar-refractivity contribution in [3.05, 3.63) is 99.2 Å². The zero-order chi connectivity index (χ0) is 18.5. The first-order valence-corrected chi connectivity index (χ1v) is 9.39. The Balaban J connectivity index is 1.83. The first kappa shape index (κ1) is 18.9. The summed E-state index contributed by atoms with van der Waals surface area (Å²) in [5.74, 6) is -0.284. The van der Waals surface area contributed by atoms with Crippen molar-refractivity contribution in [3.8, 4) is 0 Å². The predicted octanol–water partition coefficient (Wildman–Crippen LogP) is 6.52. The minimum absolute atomic E-state index is 0.156. The van der Waals surface area contributed by atoms with Crippen LogP contribution in [0.15, 0.2) is 77.3 Å². The molecule has 0 saturated heterocycles. The third kappa shape index (κ3) is 5.07. The fraction of sp³-hybridized carbons (Fsp3) is 0.143. The molecule has 2 N–H and O–H groups in total. The molecule has 3 aromatic carbocycles. The van der Waals surface area contributed by atoms with Gasteiger partial charge in [0.1, 0.15) is 5.82 Å². The van der Waals surface area contributed by atoms with E-state index in [1.165, 1.54) is 12.1 Å². The second kappa shape index (κ2) is 8.67. The van der Waals surface area contributed by atoms with E-state index in [0.717, 1.165) is 21.3 Å². The number of anilines is 1. The van der Waals surface area contributed by atoms with Crippen molar-refractivity contribution < 1.29 is 9.50 Å². The Kier molecular flexibility index (Phi) is 6.30. The summed E-state index contributed by atoms with van der Waals surface area (Å²) in [6.07, 6.45) is -0.183. The molecule has 3 rings (SSSR count). The molecule has 0 aromatic heterocycles. The van der Waals surface area contributed by atoms with E-state index in [1.807, 2.05) is 48.5 Å². The first-order valence-electron chi connectivity index (χ1n) is 8.22. The Labute approximate surface area is 165 Å². The third-order valence-electron chi connectivity index (χ3n) is 4.17. The van der Waals surface area contributed by atoms with Gasteiger partial charge in [-0.1, -0.05) is 51.8 Å². The summed E-state index contributed by atoms with van der Waals surface area (Å²) in [5.41, 5.74) is 2.62. The quantitative estimate of drug-likeness (QED) is 0.463. The normalized spacial score (nSPS) is 13.2. The van der Waals surface area contributed by atoms with Crippen LogP contribution in [0.25, 0.3) is 0 Å². The molecule has 2 atom stereocenters. The van der Waals surface area contributed by atoms with Gasteiger partial charge in [0.25, 0.3) is 0 Å². The lowest BCUT2D eigenvalue weighted by atomic mass is 9.96. The van der Waals surface area contributed by atoms with Crippen molar-refractivity contribution in [1.82, 2.24) is 0 Å². The number of nitrogens with one attached hydrogen (secondary N) is 1. The maximum Gasteiger partial charge on any atom is 0.123 e. The molecule has 5 heteroatoms. The predicted molar refractivity (Wildman–Crippen MR) is 108 cm³/mol. The largest absolute Gasteiger partial charge is 0.388 e. The van der Waals surface area contributed by atoms with Crippen LogP contribution in [0.5, 0.6) is 0 Å². The van der Waals surface area contributed by atoms with Gasteiger partial charge in [0.05, 0.1) is 12.1 Å². The minimum Gasteiger partial charge on any atom is -0.388 e. The number of benzene rings is 3. The van der Waals surface area contributed by atoms with E-state index in [4.69, 9.17) is 11.6 Å². The molecular formula is C21H18BrClFNO. The molecule has 0 aliphatic heterocycles. The lowest BCUT2D eigenvalue weighted by Crippen LogP contribution is -2.15. The van der Waals surface area contributed by atoms with Gasteiger partial charge in [0.2, 0.25) is 0 Å². The van der Waals surface area contributed by atoms with Crippen LogP contribution in [0.3, 0.4) is 0 Å². The van der Waals surface area contributed by atoms with Gasteiger partial charge in [-0.05, 0) is 59.7 Å². The summed E-state index contributed by atoms with van der Waals surface area (Å²) in [6, 6.07) is 21.1. The van der Waals surface area contributed by atoms with Crippen molar-refractivity contribution in [2.75, 3.05) is 5.32 Å². The topological polar surface area (TPSA) is 32.3 Å². The van der Waals surface area contributed by atoms with E-state index < -0.39 is 6.10 Å². The van der Waals surface area contributed by atoms with E-state index in [9.17, 15) is 9.50 Å². The average molecular weight is 435 g/mol. The fourth-order valence-electron chi connectivity index (χ4n) is 2.77. The molecule has 0 radical (unpaired) electrons. The van der Waals surface area contributed by atoms with Crippen LogP contribution in [0.1, 0.15) is 29.7 Å². The van der Waals surface area contributed by atoms with Gasteiger partial charge in [-0.25, -0.2) is 4.39 Å². The first-order chi connectivity index (χ1) is 12.5. The second-order valence-electron chi connectivity index (χ2n) is 6.06. The van der Waals surface area contributed by atoms with E-state index in [2.05, 4.69) is 21.2 Å². The van der Waals surface area contributed by atoms with E-state index >= 15 is 0 Å². The average Bonchev–Trinajstić information content (AvgIpc) is 2.64. The summed E-state index contributed by atoms with van der Waals surface area (Å²) in [7, 11) is 0. The third-order valence-corrected chi connectivity index (χ3v) is 4.95. The van der Waals surface area contributed by atoms with Gasteiger partial charge < -0.3 is 10.4 Å². The van der Waals surface area contributed by atoms with Crippen LogP contribution in [0.4, 0.5) is 10.1 Å². The van der Waals surface area contributed by atoms with Crippen LogP contribution >= 0.6 is 27.5 Å². The Bertz CT molecular complexity index is 837. The Morgan fingerprint density at radius 3 is 2.08 bits per heavy atom. The van der Waals surface area contributed by atoms with Crippen molar-refractivity contribution in [3.63, 3.8) is 0 Å². The Hall–Kier alpha value is -1.88. The molecule has 0 bridgehead atoms. The van der Waals surface area contributed by atoms with E-state index in [1.54, 1.807) is 12.1 Å². The molecule has 0 saturated carbocycles. The van der Waals surface area contributed by atoms with Gasteiger partial charge in [-0.2, -0.15) is 0 Å². The Morgan fingerprint density at radius 2 is 1.46 bits per heavy atom. The second-order valence-corrected chi connectivity index (χ2v) is 7.41. The van der Waals surface area contributed by atoms with Gasteiger partial charge in [0.15, 0.2) is 0 Å². The van der Waals surface area contributed by atoms with Crippen molar-refractivity contribution in [2.45, 2.75) is 18.6 Å². The molecule has 0 aliphatic rings. The van der Waals surface area contributed by atoms with Crippen molar-refractivity contribution >= 4 is 33.2 Å². The molecule has 3 aromatic rings. The molecule has 0 heterocycles. The number of aliphatic hydroxyl groups excluding tert-OH is 1. The monoisotopic (exact) mass is 433 g/mol. The summed E-state index contributed by atoms with van der Waals surface area (Å²) in [5, 5.41) is 14.7. The molecule has 0 amide bonds. The summed E-state index contributed by atoms with van der Waals surface area (Å²) in [6.45, 7) is 0. The molecular weight excluding hydrogens is 417 g/mol. The summed E-state index contributed by atoms with van der Waals surface area (Å²) < 4.78 is 14.1. The SMILES string of the molecule is OC(CC(Nc1ccc(F)cc1)c1ccc(Cl)cc1)c1ccc(Br)cc1. The van der Waals surface area contributed by atoms with Gasteiger partial charge >= 0.3 is 0 Å². The van der Waals surface area contributed by atoms with E-state index in [-0.39, 0.29) is 11.9 Å². The van der Waals surface area contributed by atoms with E-state index in [0.29, 0.717) is 11.4 Å². The molecule has 2 unspecified atom stereocenters. The molecule has 2 nitrogen and oxygen atoms in total. The number of hydrogen-bond donors (Lipinski definition) is 2. The van der Waals surface area contributed by atoms with Crippen molar-refractivity contribution in [1.29, 1.82) is 0 Å². The maximum absolute atomic E-state index is 13.2. The minimum atomic E-state index is -0.642. The van der Waals surface area contributed by atoms with Crippen LogP contribution in [0, 0.1) is 5.82 Å². The standard InChI is InChI=1S/C21H18BrClFNO/c22-16-5-1-15(2-6-16)21(26)13-20(14-3-7-17(23)8-4-14)25-19-11-9-18(24)10-12-19/h1-12,20-21,25-26H,13H2. The molecule has 26 heavy (non-hydrogen) atoms. The summed E-state index contributed by atoms with van der Waals surface area (Å²) >= 11 is 9.40. The number of hydrogen-bond acceptors (Lipinski definition) is 2. The number of halogens is 3. The molecule has 0 spiro atoms. The van der Waals surface area contributed by atoms with Gasteiger partial charge in [-0.3, -0.25) is 0 Å². The van der Waals surface area contributed by atoms with Gasteiger partial charge in [0, 0.05) is 21.6 Å². The number of aliphatic hydroxyl groups is 1. The zero-order valence-electron chi connectivity index (χ0n) is 13.9. The van der Waals surface area contributed by atoms with Crippen LogP contribution in [-0.4, -0.2) is 5.11 Å². The highest BCUT2D eigenvalue weighted by Crippen LogP contribution is 2.31. The highest BCUT2D eigenvalue weighted by atomic mass is 79.9. The van der Waals surface area contributed by atoms with Gasteiger partial charge in [-0.15, -0.1) is 0 Å². The van der Waals surface area contributed by atoms with Crippen LogP contribution in [-0.2, 0) is 0 Å². The lowest BCUT2D eigenvalue weighted by Gasteiger charge is -2.24. The smallest absolute Gasteiger partial charge is 0.123 e. The highest BCUT2D eigenvalue weighted by molar-refractivity contribution is 9.10. The van der Waals surface area contributed by atoms with Crippen LogP contribution in [0.2, 0.25) is 5.02 Å². The van der Waals surface area contributed by atoms with Crippen molar-refractivity contribution in [2.24, 2.45) is 0 Å². The maximum atomic E-state index is 13.2. The summed E-state index contributed by atoms with van der Waals surface area (Å²) in [4.78, 5) is 0. The zero-order valence-corrected chi connectivity index (χ0v) is 16.2. The van der Waals surface area contributed by atoms with Crippen LogP contribution < -0.4 is 5.32 Å². The number of rotatable bonds is 6. The molecule has 0 aliphatic carbocycles. The lowest BCUT2D eigenvalue weighted by molar-refractivity contribution is 0.160. The molecule has 0 fully saturated rings.